The van der Waals surface area contributed by atoms with E-state index in [9.17, 15) is 0 Å². The van der Waals surface area contributed by atoms with Gasteiger partial charge in [0.05, 0.1) is 11.4 Å². The fourth-order valence-electron chi connectivity index (χ4n) is 7.34. The number of rotatable bonds is 10. The Hall–Kier alpha value is -5.00. The normalized spacial score (nSPS) is 11.7. The zero-order valence-electron chi connectivity index (χ0n) is 31.1. The number of hydrogen-bond donors (Lipinski definition) is 2. The first-order valence-corrected chi connectivity index (χ1v) is 21.6. The summed E-state index contributed by atoms with van der Waals surface area (Å²) in [5.41, 5.74) is 9.66. The third kappa shape index (κ3) is 6.95. The Morgan fingerprint density at radius 1 is 0.269 bits per heavy atom. The van der Waals surface area contributed by atoms with Crippen LogP contribution in [0.2, 0.25) is 0 Å². The van der Waals surface area contributed by atoms with Gasteiger partial charge in [0.15, 0.2) is 14.8 Å². The third-order valence-electron chi connectivity index (χ3n) is 9.84. The van der Waals surface area contributed by atoms with Crippen molar-refractivity contribution in [3.05, 3.63) is 203 Å². The Bertz CT molecular complexity index is 1970. The van der Waals surface area contributed by atoms with Crippen LogP contribution in [0, 0.1) is 41.5 Å². The molecule has 0 saturated carbocycles. The van der Waals surface area contributed by atoms with Crippen LogP contribution in [0.5, 0.6) is 0 Å². The van der Waals surface area contributed by atoms with Crippen molar-refractivity contribution in [1.82, 2.24) is 0 Å². The first kappa shape index (κ1) is 35.4. The number of nitrogens with one attached hydrogen (secondary N) is 2. The van der Waals surface area contributed by atoms with E-state index in [1.54, 1.807) is 0 Å². The molecule has 0 unspecified atom stereocenters. The van der Waals surface area contributed by atoms with E-state index in [4.69, 9.17) is 0 Å². The van der Waals surface area contributed by atoms with Gasteiger partial charge in [0, 0.05) is 0 Å². The van der Waals surface area contributed by atoms with Gasteiger partial charge < -0.3 is 0 Å². The monoisotopic (exact) mass is 714 g/mol. The minimum absolute atomic E-state index is 1.08. The molecule has 258 valence electrons. The van der Waals surface area contributed by atoms with Crippen LogP contribution in [0.4, 0.5) is 11.4 Å². The maximum absolute atomic E-state index is 4.37. The first-order chi connectivity index (χ1) is 25.2. The lowest BCUT2D eigenvalue weighted by molar-refractivity contribution is 1.47. The second kappa shape index (κ2) is 14.9. The molecular formula is C48H48N2P2+2. The molecular weight excluding hydrogens is 666 g/mol. The molecule has 0 spiro atoms. The number of para-hydroxylation sites is 2. The van der Waals surface area contributed by atoms with Crippen LogP contribution >= 0.6 is 14.8 Å². The Morgan fingerprint density at radius 2 is 0.481 bits per heavy atom. The Labute approximate surface area is 311 Å². The Balaban J connectivity index is 1.52. The molecule has 7 aromatic rings. The summed E-state index contributed by atoms with van der Waals surface area (Å²) in [4.78, 5) is 0. The average molecular weight is 715 g/mol. The van der Waals surface area contributed by atoms with Crippen molar-refractivity contribution in [1.29, 1.82) is 0 Å². The SMILES string of the molecule is Cc1cccc([P+](Nc2ccccc2N[P+](c2cccc(C)c2)(c2cccc(C)c2)c2cccc(C)c2)(c2cccc(C)c2)c2cccc(C)c2)c1. The van der Waals surface area contributed by atoms with E-state index in [-0.39, 0.29) is 0 Å². The summed E-state index contributed by atoms with van der Waals surface area (Å²) in [5.74, 6) is 0. The molecule has 0 aliphatic carbocycles. The average Bonchev–Trinajstić information content (AvgIpc) is 3.13. The first-order valence-electron chi connectivity index (χ1n) is 18.0. The minimum Gasteiger partial charge on any atom is -0.244 e. The van der Waals surface area contributed by atoms with Crippen molar-refractivity contribution in [3.63, 3.8) is 0 Å². The molecule has 2 N–H and O–H groups in total. The van der Waals surface area contributed by atoms with Crippen LogP contribution in [0.15, 0.2) is 170 Å². The second-order valence-electron chi connectivity index (χ2n) is 14.1. The van der Waals surface area contributed by atoms with Crippen molar-refractivity contribution < 1.29 is 0 Å². The quantitative estimate of drug-likeness (QED) is 0.138. The molecule has 0 saturated heterocycles. The summed E-state index contributed by atoms with van der Waals surface area (Å²) in [5, 5.41) is 16.5. The van der Waals surface area contributed by atoms with E-state index < -0.39 is 14.8 Å². The zero-order valence-corrected chi connectivity index (χ0v) is 32.8. The highest BCUT2D eigenvalue weighted by molar-refractivity contribution is 7.97. The molecule has 4 heteroatoms. The summed E-state index contributed by atoms with van der Waals surface area (Å²) >= 11 is 0. The lowest BCUT2D eigenvalue weighted by atomic mass is 10.2. The van der Waals surface area contributed by atoms with E-state index in [1.807, 2.05) is 0 Å². The predicted octanol–water partition coefficient (Wildman–Crippen LogP) is 10.2. The summed E-state index contributed by atoms with van der Waals surface area (Å²) in [6.07, 6.45) is 0. The molecule has 0 amide bonds. The molecule has 0 aliphatic rings. The van der Waals surface area contributed by atoms with Gasteiger partial charge in [0.2, 0.25) is 0 Å². The smallest absolute Gasteiger partial charge is 0.199 e. The summed E-state index contributed by atoms with van der Waals surface area (Å²) in [7, 11) is -4.93. The molecule has 0 aromatic heterocycles. The van der Waals surface area contributed by atoms with Gasteiger partial charge in [0.25, 0.3) is 0 Å². The largest absolute Gasteiger partial charge is 0.244 e. The molecule has 0 aliphatic heterocycles. The van der Waals surface area contributed by atoms with Crippen LogP contribution in [-0.2, 0) is 0 Å². The van der Waals surface area contributed by atoms with Gasteiger partial charge in [-0.25, -0.2) is 10.2 Å². The fraction of sp³-hybridized carbons (Fsp3) is 0.125. The van der Waals surface area contributed by atoms with Gasteiger partial charge in [0.1, 0.15) is 31.8 Å². The van der Waals surface area contributed by atoms with Crippen molar-refractivity contribution >= 4 is 58.0 Å². The van der Waals surface area contributed by atoms with Crippen LogP contribution in [0.3, 0.4) is 0 Å². The third-order valence-corrected chi connectivity index (χ3v) is 17.3. The van der Waals surface area contributed by atoms with E-state index in [1.165, 1.54) is 65.2 Å². The number of hydrogen-bond acceptors (Lipinski definition) is 2. The topological polar surface area (TPSA) is 24.1 Å². The van der Waals surface area contributed by atoms with Crippen LogP contribution in [0.1, 0.15) is 33.4 Å². The number of aryl methyl sites for hydroxylation is 6. The number of benzene rings is 7. The Morgan fingerprint density at radius 3 is 0.673 bits per heavy atom. The molecule has 0 bridgehead atoms. The van der Waals surface area contributed by atoms with Gasteiger partial charge in [-0.05, 0) is 160 Å². The maximum atomic E-state index is 4.37. The van der Waals surface area contributed by atoms with Crippen LogP contribution < -0.4 is 42.0 Å². The lowest BCUT2D eigenvalue weighted by Gasteiger charge is -2.32. The van der Waals surface area contributed by atoms with Gasteiger partial charge in [-0.2, -0.15) is 0 Å². The van der Waals surface area contributed by atoms with E-state index in [0.29, 0.717) is 0 Å². The van der Waals surface area contributed by atoms with E-state index >= 15 is 0 Å². The van der Waals surface area contributed by atoms with Crippen LogP contribution in [-0.4, -0.2) is 0 Å². The molecule has 2 nitrogen and oxygen atoms in total. The zero-order chi connectivity index (χ0) is 36.3. The van der Waals surface area contributed by atoms with Gasteiger partial charge in [-0.15, -0.1) is 0 Å². The lowest BCUT2D eigenvalue weighted by Crippen LogP contribution is -2.38. The minimum atomic E-state index is -2.47. The molecule has 0 heterocycles. The maximum Gasteiger partial charge on any atom is 0.199 e. The van der Waals surface area contributed by atoms with Crippen molar-refractivity contribution in [3.8, 4) is 0 Å². The number of anilines is 2. The second-order valence-corrected chi connectivity index (χ2v) is 20.4. The van der Waals surface area contributed by atoms with Crippen molar-refractivity contribution in [2.75, 3.05) is 10.2 Å². The van der Waals surface area contributed by atoms with Gasteiger partial charge in [-0.3, -0.25) is 0 Å². The molecule has 0 atom stereocenters. The standard InChI is InChI=1S/C48H48N2P2/c1-35-15-9-21-41(29-35)51(42-22-10-16-36(2)30-42,43-23-11-17-37(3)31-43)49-47-27-7-8-28-48(47)50-52(44-24-12-18-38(4)32-44,45-25-13-19-39(5)33-45)46-26-14-20-40(6)34-46/h7-34,49-50H,1-6H3/q+2. The summed E-state index contributed by atoms with van der Waals surface area (Å²) in [6, 6.07) is 63.5. The summed E-state index contributed by atoms with van der Waals surface area (Å²) < 4.78 is 0. The highest BCUT2D eigenvalue weighted by Gasteiger charge is 2.50. The molecule has 52 heavy (non-hydrogen) atoms. The van der Waals surface area contributed by atoms with E-state index in [0.717, 1.165) is 11.4 Å². The summed E-state index contributed by atoms with van der Waals surface area (Å²) in [6.45, 7) is 13.2. The molecule has 7 aromatic carbocycles. The van der Waals surface area contributed by atoms with Gasteiger partial charge in [-0.1, -0.05) is 84.9 Å². The Kier molecular flexibility index (Phi) is 10.2. The van der Waals surface area contributed by atoms with Crippen molar-refractivity contribution in [2.24, 2.45) is 0 Å². The predicted molar refractivity (Wildman–Crippen MR) is 232 cm³/mol. The fourth-order valence-corrected chi connectivity index (χ4v) is 15.3. The van der Waals surface area contributed by atoms with Gasteiger partial charge >= 0.3 is 0 Å². The molecule has 0 radical (unpaired) electrons. The molecule has 7 rings (SSSR count). The van der Waals surface area contributed by atoms with Crippen LogP contribution in [0.25, 0.3) is 0 Å². The van der Waals surface area contributed by atoms with Crippen molar-refractivity contribution in [2.45, 2.75) is 41.5 Å². The highest BCUT2D eigenvalue weighted by atomic mass is 31.2. The highest BCUT2D eigenvalue weighted by Crippen LogP contribution is 2.59. The molecule has 0 fully saturated rings. The van der Waals surface area contributed by atoms with E-state index in [2.05, 4.69) is 222 Å².